The maximum absolute atomic E-state index is 5.16. The summed E-state index contributed by atoms with van der Waals surface area (Å²) < 4.78 is 0. The number of hydrogen-bond acceptors (Lipinski definition) is 2. The molecule has 0 unspecified atom stereocenters. The molecule has 0 aliphatic carbocycles. The van der Waals surface area contributed by atoms with Gasteiger partial charge in [-0.3, -0.25) is 0 Å². The zero-order chi connectivity index (χ0) is 12.1. The van der Waals surface area contributed by atoms with Crippen LogP contribution >= 0.6 is 0 Å². The Morgan fingerprint density at radius 3 is 2.59 bits per heavy atom. The Balaban J connectivity index is 2.34. The molecule has 0 bridgehead atoms. The molecule has 2 rings (SSSR count). The van der Waals surface area contributed by atoms with Crippen molar-refractivity contribution in [2.24, 2.45) is 0 Å². The van der Waals surface area contributed by atoms with Gasteiger partial charge in [0.25, 0.3) is 0 Å². The number of hydrogen-bond donors (Lipinski definition) is 0. The Labute approximate surface area is 102 Å². The molecule has 0 atom stereocenters. The van der Waals surface area contributed by atoms with Gasteiger partial charge in [0, 0.05) is 13.6 Å². The topological polar surface area (TPSA) is 12.5 Å². The lowest BCUT2D eigenvalue weighted by Gasteiger charge is -2.16. The SMILES string of the molecule is CON(C)Cc1[c]cccc1-c1ccccc1. The number of nitrogens with zero attached hydrogens (tertiary/aromatic N) is 1. The highest BCUT2D eigenvalue weighted by atomic mass is 16.7. The van der Waals surface area contributed by atoms with Crippen LogP contribution in [-0.2, 0) is 11.4 Å². The van der Waals surface area contributed by atoms with E-state index in [1.54, 1.807) is 12.2 Å². The molecule has 87 valence electrons. The van der Waals surface area contributed by atoms with E-state index < -0.39 is 0 Å². The molecule has 0 aliphatic heterocycles. The van der Waals surface area contributed by atoms with E-state index in [9.17, 15) is 0 Å². The molecule has 0 fully saturated rings. The lowest BCUT2D eigenvalue weighted by molar-refractivity contribution is -0.116. The molecule has 1 radical (unpaired) electrons. The van der Waals surface area contributed by atoms with E-state index in [4.69, 9.17) is 4.84 Å². The fraction of sp³-hybridized carbons (Fsp3) is 0.200. The first kappa shape index (κ1) is 11.8. The molecule has 0 aliphatic rings. The summed E-state index contributed by atoms with van der Waals surface area (Å²) in [5.41, 5.74) is 3.56. The summed E-state index contributed by atoms with van der Waals surface area (Å²) in [5, 5.41) is 1.79. The minimum atomic E-state index is 0.724. The van der Waals surface area contributed by atoms with Gasteiger partial charge >= 0.3 is 0 Å². The maximum Gasteiger partial charge on any atom is 0.0575 e. The van der Waals surface area contributed by atoms with Crippen molar-refractivity contribution in [3.8, 4) is 11.1 Å². The molecule has 0 amide bonds. The van der Waals surface area contributed by atoms with Crippen LogP contribution < -0.4 is 0 Å². The van der Waals surface area contributed by atoms with Crippen molar-refractivity contribution < 1.29 is 4.84 Å². The second kappa shape index (κ2) is 5.62. The third-order valence-corrected chi connectivity index (χ3v) is 2.72. The molecule has 0 saturated carbocycles. The maximum atomic E-state index is 5.16. The standard InChI is InChI=1S/C15H16NO/c1-16(17-2)12-14-10-6-7-11-15(14)13-8-4-3-5-9-13/h3-9,11H,12H2,1-2H3. The molecule has 0 spiro atoms. The molecule has 0 N–H and O–H groups in total. The Morgan fingerprint density at radius 2 is 1.88 bits per heavy atom. The molecular weight excluding hydrogens is 210 g/mol. The van der Waals surface area contributed by atoms with Gasteiger partial charge < -0.3 is 4.84 Å². The Morgan fingerprint density at radius 1 is 1.12 bits per heavy atom. The van der Waals surface area contributed by atoms with Gasteiger partial charge in [0.1, 0.15) is 0 Å². The lowest BCUT2D eigenvalue weighted by atomic mass is 10.00. The summed E-state index contributed by atoms with van der Waals surface area (Å²) >= 11 is 0. The Hall–Kier alpha value is -1.64. The summed E-state index contributed by atoms with van der Waals surface area (Å²) in [6.07, 6.45) is 0. The van der Waals surface area contributed by atoms with Crippen LogP contribution in [0.15, 0.2) is 48.5 Å². The van der Waals surface area contributed by atoms with E-state index in [1.807, 2.05) is 37.4 Å². The zero-order valence-corrected chi connectivity index (χ0v) is 10.2. The van der Waals surface area contributed by atoms with Gasteiger partial charge in [0.2, 0.25) is 0 Å². The monoisotopic (exact) mass is 226 g/mol. The van der Waals surface area contributed by atoms with Gasteiger partial charge in [0.05, 0.1) is 7.11 Å². The first-order chi connectivity index (χ1) is 8.31. The van der Waals surface area contributed by atoms with E-state index >= 15 is 0 Å². The van der Waals surface area contributed by atoms with E-state index in [2.05, 4.69) is 24.3 Å². The average molecular weight is 226 g/mol. The molecule has 2 heteroatoms. The normalized spacial score (nSPS) is 10.8. The molecule has 2 aromatic carbocycles. The van der Waals surface area contributed by atoms with Crippen molar-refractivity contribution in [3.63, 3.8) is 0 Å². The van der Waals surface area contributed by atoms with Crippen molar-refractivity contribution in [3.05, 3.63) is 60.2 Å². The minimum absolute atomic E-state index is 0.724. The van der Waals surface area contributed by atoms with Crippen molar-refractivity contribution in [2.75, 3.05) is 14.2 Å². The smallest absolute Gasteiger partial charge is 0.0575 e. The van der Waals surface area contributed by atoms with Crippen LogP contribution in [-0.4, -0.2) is 19.2 Å². The molecule has 0 heterocycles. The summed E-state index contributed by atoms with van der Waals surface area (Å²) in [6, 6.07) is 19.7. The van der Waals surface area contributed by atoms with Crippen LogP contribution in [0, 0.1) is 6.07 Å². The zero-order valence-electron chi connectivity index (χ0n) is 10.2. The van der Waals surface area contributed by atoms with Crippen LogP contribution in [0.4, 0.5) is 0 Å². The summed E-state index contributed by atoms with van der Waals surface area (Å²) in [4.78, 5) is 5.16. The quantitative estimate of drug-likeness (QED) is 0.743. The van der Waals surface area contributed by atoms with Crippen LogP contribution in [0.25, 0.3) is 11.1 Å². The summed E-state index contributed by atoms with van der Waals surface area (Å²) in [7, 11) is 3.58. The van der Waals surface area contributed by atoms with Gasteiger partial charge in [-0.15, -0.1) is 0 Å². The van der Waals surface area contributed by atoms with Crippen molar-refractivity contribution in [1.82, 2.24) is 5.06 Å². The van der Waals surface area contributed by atoms with Crippen molar-refractivity contribution in [1.29, 1.82) is 0 Å². The van der Waals surface area contributed by atoms with E-state index in [-0.39, 0.29) is 0 Å². The van der Waals surface area contributed by atoms with E-state index in [0.717, 1.165) is 12.1 Å². The highest BCUT2D eigenvalue weighted by Crippen LogP contribution is 2.23. The first-order valence-corrected chi connectivity index (χ1v) is 5.61. The predicted molar refractivity (Wildman–Crippen MR) is 69.2 cm³/mol. The van der Waals surface area contributed by atoms with Crippen molar-refractivity contribution >= 4 is 0 Å². The van der Waals surface area contributed by atoms with Gasteiger partial charge in [-0.1, -0.05) is 48.5 Å². The fourth-order valence-electron chi connectivity index (χ4n) is 1.78. The molecule has 0 saturated heterocycles. The van der Waals surface area contributed by atoms with Crippen LogP contribution in [0.5, 0.6) is 0 Å². The summed E-state index contributed by atoms with van der Waals surface area (Å²) in [6.45, 7) is 0.724. The van der Waals surface area contributed by atoms with Crippen LogP contribution in [0.3, 0.4) is 0 Å². The molecule has 2 aromatic rings. The highest BCUT2D eigenvalue weighted by molar-refractivity contribution is 5.66. The minimum Gasteiger partial charge on any atom is -0.302 e. The first-order valence-electron chi connectivity index (χ1n) is 5.61. The van der Waals surface area contributed by atoms with E-state index in [1.165, 1.54) is 11.1 Å². The predicted octanol–water partition coefficient (Wildman–Crippen LogP) is 3.15. The van der Waals surface area contributed by atoms with Crippen molar-refractivity contribution in [2.45, 2.75) is 6.54 Å². The molecule has 2 nitrogen and oxygen atoms in total. The largest absolute Gasteiger partial charge is 0.302 e. The van der Waals surface area contributed by atoms with Crippen LogP contribution in [0.1, 0.15) is 5.56 Å². The number of rotatable bonds is 4. The second-order valence-corrected chi connectivity index (χ2v) is 3.90. The van der Waals surface area contributed by atoms with Gasteiger partial charge in [-0.25, -0.2) is 0 Å². The lowest BCUT2D eigenvalue weighted by Crippen LogP contribution is -2.16. The Bertz CT molecular complexity index is 467. The fourth-order valence-corrected chi connectivity index (χ4v) is 1.78. The third-order valence-electron chi connectivity index (χ3n) is 2.72. The third kappa shape index (κ3) is 2.93. The molecule has 0 aromatic heterocycles. The molecule has 17 heavy (non-hydrogen) atoms. The van der Waals surface area contributed by atoms with Gasteiger partial charge in [-0.05, 0) is 22.8 Å². The molecular formula is C15H16NO. The summed E-state index contributed by atoms with van der Waals surface area (Å²) in [5.74, 6) is 0. The second-order valence-electron chi connectivity index (χ2n) is 3.90. The van der Waals surface area contributed by atoms with Gasteiger partial charge in [0.15, 0.2) is 0 Å². The number of hydroxylamine groups is 2. The number of benzene rings is 2. The average Bonchev–Trinajstić information content (AvgIpc) is 2.40. The highest BCUT2D eigenvalue weighted by Gasteiger charge is 2.06. The van der Waals surface area contributed by atoms with Crippen LogP contribution in [0.2, 0.25) is 0 Å². The van der Waals surface area contributed by atoms with E-state index in [0.29, 0.717) is 0 Å². The Kier molecular flexibility index (Phi) is 3.91. The van der Waals surface area contributed by atoms with Gasteiger partial charge in [-0.2, -0.15) is 5.06 Å².